The zero-order chi connectivity index (χ0) is 19.6. The molecule has 0 aromatic rings. The van der Waals surface area contributed by atoms with Crippen LogP contribution in [0, 0.1) is 5.41 Å². The number of hydrogen-bond donors (Lipinski definition) is 5. The summed E-state index contributed by atoms with van der Waals surface area (Å²) < 4.78 is 11.3. The second-order valence-electron chi connectivity index (χ2n) is 7.74. The highest BCUT2D eigenvalue weighted by atomic mass is 16.7. The number of aliphatic hydroxyl groups excluding tert-OH is 5. The molecule has 1 aliphatic carbocycles. The maximum Gasteiger partial charge on any atom is 0.187 e. The molecule has 7 heteroatoms. The summed E-state index contributed by atoms with van der Waals surface area (Å²) in [4.78, 5) is 0. The molecule has 5 N–H and O–H groups in total. The molecule has 0 aromatic carbocycles. The van der Waals surface area contributed by atoms with E-state index in [4.69, 9.17) is 9.47 Å². The minimum atomic E-state index is -1.46. The summed E-state index contributed by atoms with van der Waals surface area (Å²) in [5.41, 5.74) is 4.77. The molecular formula is C19H30O7. The van der Waals surface area contributed by atoms with Gasteiger partial charge in [-0.25, -0.2) is 0 Å². The summed E-state index contributed by atoms with van der Waals surface area (Å²) >= 11 is 0. The molecule has 0 spiro atoms. The monoisotopic (exact) mass is 370 g/mol. The van der Waals surface area contributed by atoms with Crippen molar-refractivity contribution in [3.63, 3.8) is 0 Å². The normalized spacial score (nSPS) is 38.3. The van der Waals surface area contributed by atoms with E-state index in [0.717, 1.165) is 11.1 Å². The van der Waals surface area contributed by atoms with E-state index in [0.29, 0.717) is 6.42 Å². The van der Waals surface area contributed by atoms with Crippen LogP contribution in [0.2, 0.25) is 0 Å². The van der Waals surface area contributed by atoms with Gasteiger partial charge in [0.1, 0.15) is 24.4 Å². The Morgan fingerprint density at radius 2 is 1.96 bits per heavy atom. The first-order chi connectivity index (χ1) is 12.1. The quantitative estimate of drug-likeness (QED) is 0.442. The Morgan fingerprint density at radius 3 is 2.50 bits per heavy atom. The van der Waals surface area contributed by atoms with E-state index >= 15 is 0 Å². The van der Waals surface area contributed by atoms with Crippen LogP contribution in [0.5, 0.6) is 0 Å². The second-order valence-corrected chi connectivity index (χ2v) is 7.74. The van der Waals surface area contributed by atoms with Gasteiger partial charge in [0, 0.05) is 5.57 Å². The van der Waals surface area contributed by atoms with E-state index in [1.54, 1.807) is 13.0 Å². The summed E-state index contributed by atoms with van der Waals surface area (Å²) in [5, 5.41) is 48.6. The van der Waals surface area contributed by atoms with Crippen molar-refractivity contribution in [1.82, 2.24) is 0 Å². The summed E-state index contributed by atoms with van der Waals surface area (Å²) in [5.74, 6) is 0. The molecule has 7 atom stereocenters. The van der Waals surface area contributed by atoms with Crippen molar-refractivity contribution >= 4 is 0 Å². The number of aliphatic hydroxyl groups is 5. The minimum Gasteiger partial charge on any atom is -0.394 e. The predicted octanol–water partition coefficient (Wildman–Crippen LogP) is 0.01000. The molecule has 2 rings (SSSR count). The van der Waals surface area contributed by atoms with Crippen LogP contribution in [-0.4, -0.2) is 75.1 Å². The molecule has 148 valence electrons. The van der Waals surface area contributed by atoms with Crippen LogP contribution in [0.25, 0.3) is 0 Å². The average molecular weight is 370 g/mol. The fraction of sp³-hybridized carbons (Fsp3) is 0.737. The van der Waals surface area contributed by atoms with Gasteiger partial charge in [0.15, 0.2) is 6.29 Å². The van der Waals surface area contributed by atoms with Crippen molar-refractivity contribution in [1.29, 1.82) is 0 Å². The van der Waals surface area contributed by atoms with E-state index in [9.17, 15) is 25.5 Å². The summed E-state index contributed by atoms with van der Waals surface area (Å²) in [6.45, 7) is 7.15. The zero-order valence-electron chi connectivity index (χ0n) is 15.7. The van der Waals surface area contributed by atoms with Crippen LogP contribution in [0.3, 0.4) is 0 Å². The van der Waals surface area contributed by atoms with Crippen molar-refractivity contribution in [3.05, 3.63) is 29.0 Å². The lowest BCUT2D eigenvalue weighted by Gasteiger charge is -2.42. The Bertz CT molecular complexity index is 587. The third-order valence-corrected chi connectivity index (χ3v) is 4.84. The van der Waals surface area contributed by atoms with Gasteiger partial charge in [-0.15, -0.1) is 5.73 Å². The van der Waals surface area contributed by atoms with E-state index in [2.05, 4.69) is 5.73 Å². The fourth-order valence-corrected chi connectivity index (χ4v) is 3.51. The van der Waals surface area contributed by atoms with Crippen LogP contribution in [0.4, 0.5) is 0 Å². The molecule has 1 heterocycles. The Morgan fingerprint density at radius 1 is 1.31 bits per heavy atom. The lowest BCUT2D eigenvalue weighted by molar-refractivity contribution is -0.309. The van der Waals surface area contributed by atoms with E-state index in [-0.39, 0.29) is 11.5 Å². The van der Waals surface area contributed by atoms with Gasteiger partial charge in [-0.1, -0.05) is 19.9 Å². The van der Waals surface area contributed by atoms with Crippen molar-refractivity contribution in [2.45, 2.75) is 77.0 Å². The maximum absolute atomic E-state index is 10.1. The molecule has 0 bridgehead atoms. The Balaban J connectivity index is 2.19. The maximum atomic E-state index is 10.1. The third kappa shape index (κ3) is 4.63. The Labute approximate surface area is 153 Å². The van der Waals surface area contributed by atoms with Crippen molar-refractivity contribution in [2.24, 2.45) is 5.41 Å². The molecule has 2 aliphatic rings. The first kappa shape index (κ1) is 21.3. The molecular weight excluding hydrogens is 340 g/mol. The van der Waals surface area contributed by atoms with Crippen LogP contribution in [-0.2, 0) is 9.47 Å². The van der Waals surface area contributed by atoms with Crippen molar-refractivity contribution < 1.29 is 35.0 Å². The molecule has 0 aromatic heterocycles. The molecule has 7 nitrogen and oxygen atoms in total. The molecule has 0 radical (unpaired) electrons. The highest BCUT2D eigenvalue weighted by Gasteiger charge is 2.45. The number of hydrogen-bond acceptors (Lipinski definition) is 7. The van der Waals surface area contributed by atoms with Crippen molar-refractivity contribution in [3.8, 4) is 0 Å². The van der Waals surface area contributed by atoms with Gasteiger partial charge in [-0.3, -0.25) is 0 Å². The Kier molecular flexibility index (Phi) is 6.82. The molecule has 1 saturated heterocycles. The van der Waals surface area contributed by atoms with Gasteiger partial charge in [-0.2, -0.15) is 0 Å². The van der Waals surface area contributed by atoms with Crippen LogP contribution >= 0.6 is 0 Å². The first-order valence-corrected chi connectivity index (χ1v) is 8.87. The SMILES string of the molecule is CC1=C[C@@H](O[C@@H]2O[C@H](CO)[C@@H](O)[C@H](O)[C@H]2O)CC(C)(C)C1=C=C[C@@H](C)O. The Hall–Kier alpha value is -1.02. The fourth-order valence-electron chi connectivity index (χ4n) is 3.51. The third-order valence-electron chi connectivity index (χ3n) is 4.84. The topological polar surface area (TPSA) is 120 Å². The van der Waals surface area contributed by atoms with E-state index in [1.807, 2.05) is 26.8 Å². The highest BCUT2D eigenvalue weighted by Crippen LogP contribution is 2.41. The van der Waals surface area contributed by atoms with Gasteiger partial charge >= 0.3 is 0 Å². The summed E-state index contributed by atoms with van der Waals surface area (Å²) in [6.07, 6.45) is -3.35. The first-order valence-electron chi connectivity index (χ1n) is 8.87. The van der Waals surface area contributed by atoms with E-state index in [1.165, 1.54) is 0 Å². The summed E-state index contributed by atoms with van der Waals surface area (Å²) in [6, 6.07) is 0. The van der Waals surface area contributed by atoms with Gasteiger partial charge in [-0.05, 0) is 37.3 Å². The average Bonchev–Trinajstić information content (AvgIpc) is 2.53. The van der Waals surface area contributed by atoms with Gasteiger partial charge in [0.2, 0.25) is 0 Å². The lowest BCUT2D eigenvalue weighted by Crippen LogP contribution is -2.59. The van der Waals surface area contributed by atoms with Crippen molar-refractivity contribution in [2.75, 3.05) is 6.61 Å². The molecule has 26 heavy (non-hydrogen) atoms. The number of allylic oxidation sites excluding steroid dienone is 1. The van der Waals surface area contributed by atoms with Gasteiger partial charge in [0.25, 0.3) is 0 Å². The standard InChI is InChI=1S/C19H30O7/c1-10-7-12(8-19(3,4)13(10)6-5-11(2)21)25-18-17(24)16(23)15(22)14(9-20)26-18/h5,7,11-12,14-18,20-24H,8-9H2,1-4H3/t6?,11-,12-,14-,15-,16+,17-,18-/m1/s1. The number of ether oxygens (including phenoxy) is 2. The highest BCUT2D eigenvalue weighted by molar-refractivity contribution is 5.38. The van der Waals surface area contributed by atoms with E-state index < -0.39 is 43.4 Å². The van der Waals surface area contributed by atoms with Crippen LogP contribution in [0.1, 0.15) is 34.1 Å². The summed E-state index contributed by atoms with van der Waals surface area (Å²) in [7, 11) is 0. The number of rotatable bonds is 4. The zero-order valence-corrected chi connectivity index (χ0v) is 15.7. The minimum absolute atomic E-state index is 0.289. The molecule has 1 fully saturated rings. The molecule has 1 aliphatic heterocycles. The predicted molar refractivity (Wildman–Crippen MR) is 94.1 cm³/mol. The largest absolute Gasteiger partial charge is 0.394 e. The van der Waals surface area contributed by atoms with Crippen LogP contribution in [0.15, 0.2) is 29.0 Å². The second kappa shape index (κ2) is 8.33. The van der Waals surface area contributed by atoms with Gasteiger partial charge in [0.05, 0.1) is 18.8 Å². The molecule has 0 amide bonds. The molecule has 0 unspecified atom stereocenters. The molecule has 0 saturated carbocycles. The van der Waals surface area contributed by atoms with Crippen LogP contribution < -0.4 is 0 Å². The lowest BCUT2D eigenvalue weighted by atomic mass is 9.72. The smallest absolute Gasteiger partial charge is 0.187 e. The van der Waals surface area contributed by atoms with Gasteiger partial charge < -0.3 is 35.0 Å².